The minimum atomic E-state index is 0.900. The Morgan fingerprint density at radius 1 is 0.373 bits per heavy atom. The smallest absolute Gasteiger partial charge is 0.135 e. The lowest BCUT2D eigenvalue weighted by Gasteiger charge is -2.28. The number of benzene rings is 8. The Bertz CT molecular complexity index is 2860. The first-order valence-corrected chi connectivity index (χ1v) is 17.4. The summed E-state index contributed by atoms with van der Waals surface area (Å²) in [6.07, 6.45) is 0. The van der Waals surface area contributed by atoms with Gasteiger partial charge >= 0.3 is 0 Å². The fraction of sp³-hybridized carbons (Fsp3) is 0. The highest BCUT2D eigenvalue weighted by Crippen LogP contribution is 2.44. The van der Waals surface area contributed by atoms with Crippen LogP contribution in [-0.2, 0) is 0 Å². The third kappa shape index (κ3) is 4.90. The predicted molar refractivity (Wildman–Crippen MR) is 214 cm³/mol. The fourth-order valence-corrected chi connectivity index (χ4v) is 7.64. The zero-order valence-electron chi connectivity index (χ0n) is 27.8. The van der Waals surface area contributed by atoms with Gasteiger partial charge in [-0.1, -0.05) is 127 Å². The SMILES string of the molecule is c1ccc(-c2ccccc2N(c2cccc(-c3ccc4oc5ccccc5c4c3)c2)c2ccc3c4ccccc4n(-c4ccccc4)c3c2)cc1. The molecule has 2 aromatic heterocycles. The maximum absolute atomic E-state index is 6.16. The second-order valence-electron chi connectivity index (χ2n) is 13.0. The van der Waals surface area contributed by atoms with E-state index in [2.05, 4.69) is 191 Å². The Morgan fingerprint density at radius 2 is 1.02 bits per heavy atom. The molecule has 0 N–H and O–H groups in total. The van der Waals surface area contributed by atoms with Gasteiger partial charge in [0.2, 0.25) is 0 Å². The van der Waals surface area contributed by atoms with Crippen molar-refractivity contribution in [1.29, 1.82) is 0 Å². The zero-order chi connectivity index (χ0) is 33.7. The molecule has 0 atom stereocenters. The molecule has 0 aliphatic heterocycles. The van der Waals surface area contributed by atoms with Gasteiger partial charge in [0, 0.05) is 44.2 Å². The first-order valence-electron chi connectivity index (χ1n) is 17.4. The van der Waals surface area contributed by atoms with E-state index in [9.17, 15) is 0 Å². The standard InChI is InChI=1S/C48H32N2O/c1-3-14-33(15-4-1)39-20-7-10-23-44(39)49(37-19-13-16-34(30-37)35-26-29-48-43(31-35)42-22-9-12-25-47(42)51-48)38-27-28-41-40-21-8-11-24-45(40)50(46(41)32-38)36-17-5-2-6-18-36/h1-32H. The Hall–Kier alpha value is -6.84. The molecule has 10 aromatic rings. The van der Waals surface area contributed by atoms with Crippen LogP contribution in [0.3, 0.4) is 0 Å². The van der Waals surface area contributed by atoms with Gasteiger partial charge in [-0.25, -0.2) is 0 Å². The second-order valence-corrected chi connectivity index (χ2v) is 13.0. The van der Waals surface area contributed by atoms with Crippen molar-refractivity contribution in [3.05, 3.63) is 194 Å². The summed E-state index contributed by atoms with van der Waals surface area (Å²) in [6.45, 7) is 0. The van der Waals surface area contributed by atoms with Crippen molar-refractivity contribution in [3.63, 3.8) is 0 Å². The quantitative estimate of drug-likeness (QED) is 0.178. The normalized spacial score (nSPS) is 11.5. The molecule has 0 fully saturated rings. The zero-order valence-corrected chi connectivity index (χ0v) is 27.8. The Balaban J connectivity index is 1.21. The third-order valence-electron chi connectivity index (χ3n) is 9.97. The second kappa shape index (κ2) is 11.9. The van der Waals surface area contributed by atoms with E-state index in [1.54, 1.807) is 0 Å². The molecule has 0 aliphatic carbocycles. The van der Waals surface area contributed by atoms with Gasteiger partial charge in [0.25, 0.3) is 0 Å². The lowest BCUT2D eigenvalue weighted by molar-refractivity contribution is 0.669. The molecule has 10 rings (SSSR count). The number of furan rings is 1. The Morgan fingerprint density at radius 3 is 1.90 bits per heavy atom. The summed E-state index contributed by atoms with van der Waals surface area (Å²) >= 11 is 0. The summed E-state index contributed by atoms with van der Waals surface area (Å²) < 4.78 is 8.55. The number of aromatic nitrogens is 1. The van der Waals surface area contributed by atoms with Crippen molar-refractivity contribution in [3.8, 4) is 27.9 Å². The molecular weight excluding hydrogens is 621 g/mol. The van der Waals surface area contributed by atoms with E-state index in [-0.39, 0.29) is 0 Å². The van der Waals surface area contributed by atoms with Gasteiger partial charge in [-0.2, -0.15) is 0 Å². The van der Waals surface area contributed by atoms with Crippen LogP contribution in [0.15, 0.2) is 199 Å². The molecule has 8 aromatic carbocycles. The van der Waals surface area contributed by atoms with Crippen LogP contribution in [0.25, 0.3) is 71.7 Å². The van der Waals surface area contributed by atoms with Gasteiger partial charge in [0.15, 0.2) is 0 Å². The molecule has 0 unspecified atom stereocenters. The van der Waals surface area contributed by atoms with Crippen molar-refractivity contribution in [2.45, 2.75) is 0 Å². The van der Waals surface area contributed by atoms with Crippen LogP contribution in [0.4, 0.5) is 17.1 Å². The molecule has 240 valence electrons. The van der Waals surface area contributed by atoms with E-state index in [0.717, 1.165) is 61.3 Å². The van der Waals surface area contributed by atoms with Crippen LogP contribution >= 0.6 is 0 Å². The van der Waals surface area contributed by atoms with Crippen molar-refractivity contribution in [1.82, 2.24) is 4.57 Å². The fourth-order valence-electron chi connectivity index (χ4n) is 7.64. The molecule has 0 amide bonds. The van der Waals surface area contributed by atoms with Gasteiger partial charge in [-0.05, 0) is 83.4 Å². The lowest BCUT2D eigenvalue weighted by atomic mass is 9.99. The Kier molecular flexibility index (Phi) is 6.81. The number of nitrogens with zero attached hydrogens (tertiary/aromatic N) is 2. The number of rotatable bonds is 6. The molecule has 0 radical (unpaired) electrons. The maximum Gasteiger partial charge on any atom is 0.135 e. The average molecular weight is 653 g/mol. The topological polar surface area (TPSA) is 21.3 Å². The number of anilines is 3. The molecule has 0 aliphatic rings. The predicted octanol–water partition coefficient (Wildman–Crippen LogP) is 13.5. The molecule has 51 heavy (non-hydrogen) atoms. The molecule has 2 heterocycles. The molecule has 3 nitrogen and oxygen atoms in total. The van der Waals surface area contributed by atoms with Gasteiger partial charge in [0.05, 0.1) is 16.7 Å². The van der Waals surface area contributed by atoms with Crippen LogP contribution < -0.4 is 4.90 Å². The number of hydrogen-bond donors (Lipinski definition) is 0. The van der Waals surface area contributed by atoms with Crippen molar-refractivity contribution >= 4 is 60.8 Å². The maximum atomic E-state index is 6.16. The highest BCUT2D eigenvalue weighted by atomic mass is 16.3. The monoisotopic (exact) mass is 652 g/mol. The summed E-state index contributed by atoms with van der Waals surface area (Å²) in [5.41, 5.74) is 13.2. The molecule has 0 saturated heterocycles. The third-order valence-corrected chi connectivity index (χ3v) is 9.97. The summed E-state index contributed by atoms with van der Waals surface area (Å²) in [6, 6.07) is 69.3. The summed E-state index contributed by atoms with van der Waals surface area (Å²) in [5, 5.41) is 4.72. The van der Waals surface area contributed by atoms with Gasteiger partial charge in [0.1, 0.15) is 11.2 Å². The minimum Gasteiger partial charge on any atom is -0.456 e. The van der Waals surface area contributed by atoms with Crippen molar-refractivity contribution in [2.24, 2.45) is 0 Å². The number of fused-ring (bicyclic) bond motifs is 6. The summed E-state index contributed by atoms with van der Waals surface area (Å²) in [7, 11) is 0. The van der Waals surface area contributed by atoms with Gasteiger partial charge in [-0.15, -0.1) is 0 Å². The molecule has 3 heteroatoms. The van der Waals surface area contributed by atoms with E-state index < -0.39 is 0 Å². The number of para-hydroxylation sites is 4. The van der Waals surface area contributed by atoms with Crippen LogP contribution in [0.1, 0.15) is 0 Å². The largest absolute Gasteiger partial charge is 0.456 e. The van der Waals surface area contributed by atoms with E-state index in [1.807, 2.05) is 12.1 Å². The number of hydrogen-bond acceptors (Lipinski definition) is 2. The molecular formula is C48H32N2O. The van der Waals surface area contributed by atoms with Crippen molar-refractivity contribution < 1.29 is 4.42 Å². The first kappa shape index (κ1) is 29.1. The molecule has 0 saturated carbocycles. The molecule has 0 bridgehead atoms. The van der Waals surface area contributed by atoms with E-state index in [0.29, 0.717) is 0 Å². The van der Waals surface area contributed by atoms with E-state index >= 15 is 0 Å². The van der Waals surface area contributed by atoms with Crippen molar-refractivity contribution in [2.75, 3.05) is 4.90 Å². The average Bonchev–Trinajstić information content (AvgIpc) is 3.74. The highest BCUT2D eigenvalue weighted by Gasteiger charge is 2.20. The van der Waals surface area contributed by atoms with Crippen LogP contribution in [0.5, 0.6) is 0 Å². The summed E-state index contributed by atoms with van der Waals surface area (Å²) in [5.74, 6) is 0. The summed E-state index contributed by atoms with van der Waals surface area (Å²) in [4.78, 5) is 2.41. The Labute approximate surface area is 295 Å². The molecule has 0 spiro atoms. The van der Waals surface area contributed by atoms with Crippen LogP contribution in [-0.4, -0.2) is 4.57 Å². The lowest BCUT2D eigenvalue weighted by Crippen LogP contribution is -2.11. The minimum absolute atomic E-state index is 0.900. The van der Waals surface area contributed by atoms with Gasteiger partial charge < -0.3 is 13.9 Å². The van der Waals surface area contributed by atoms with Crippen LogP contribution in [0.2, 0.25) is 0 Å². The van der Waals surface area contributed by atoms with E-state index in [1.165, 1.54) is 27.4 Å². The first-order chi connectivity index (χ1) is 25.3. The van der Waals surface area contributed by atoms with Gasteiger partial charge in [-0.3, -0.25) is 0 Å². The highest BCUT2D eigenvalue weighted by molar-refractivity contribution is 6.11. The van der Waals surface area contributed by atoms with E-state index in [4.69, 9.17) is 4.42 Å². The van der Waals surface area contributed by atoms with Crippen LogP contribution in [0, 0.1) is 0 Å².